The predicted molar refractivity (Wildman–Crippen MR) is 78.1 cm³/mol. The smallest absolute Gasteiger partial charge is 0.249 e. The highest BCUT2D eigenvalue weighted by Crippen LogP contribution is 2.27. The monoisotopic (exact) mass is 295 g/mol. The quantitative estimate of drug-likeness (QED) is 0.921. The Morgan fingerprint density at radius 3 is 2.70 bits per heavy atom. The van der Waals surface area contributed by atoms with Crippen LogP contribution in [0.1, 0.15) is 39.0 Å². The molecule has 2 atom stereocenters. The number of carbonyl (C=O) groups is 2. The molecule has 2 unspecified atom stereocenters. The van der Waals surface area contributed by atoms with Crippen LogP contribution >= 0.6 is 11.3 Å². The molecule has 0 aliphatic carbocycles. The van der Waals surface area contributed by atoms with E-state index in [2.05, 4.69) is 10.3 Å². The van der Waals surface area contributed by atoms with Crippen molar-refractivity contribution in [1.82, 2.24) is 15.2 Å². The molecule has 1 fully saturated rings. The van der Waals surface area contributed by atoms with Crippen LogP contribution in [0.25, 0.3) is 0 Å². The Bertz CT molecular complexity index is 501. The van der Waals surface area contributed by atoms with Gasteiger partial charge in [-0.15, -0.1) is 11.3 Å². The fourth-order valence-electron chi connectivity index (χ4n) is 2.54. The van der Waals surface area contributed by atoms with Crippen LogP contribution in [0.2, 0.25) is 0 Å². The van der Waals surface area contributed by atoms with Crippen LogP contribution in [0.4, 0.5) is 0 Å². The van der Waals surface area contributed by atoms with Crippen molar-refractivity contribution in [3.63, 3.8) is 0 Å². The molecule has 20 heavy (non-hydrogen) atoms. The van der Waals surface area contributed by atoms with Crippen molar-refractivity contribution < 1.29 is 9.59 Å². The van der Waals surface area contributed by atoms with Gasteiger partial charge in [0.25, 0.3) is 0 Å². The molecule has 0 radical (unpaired) electrons. The van der Waals surface area contributed by atoms with Crippen molar-refractivity contribution in [2.75, 3.05) is 0 Å². The predicted octanol–water partition coefficient (Wildman–Crippen LogP) is 1.79. The van der Waals surface area contributed by atoms with Gasteiger partial charge in [0, 0.05) is 11.1 Å². The lowest BCUT2D eigenvalue weighted by Crippen LogP contribution is -2.69. The molecule has 2 rings (SSSR count). The van der Waals surface area contributed by atoms with E-state index in [1.165, 1.54) is 11.3 Å². The second kappa shape index (κ2) is 5.52. The average Bonchev–Trinajstić information content (AvgIpc) is 2.88. The van der Waals surface area contributed by atoms with E-state index in [0.717, 1.165) is 4.88 Å². The average molecular weight is 295 g/mol. The maximum Gasteiger partial charge on any atom is 0.249 e. The van der Waals surface area contributed by atoms with E-state index in [0.29, 0.717) is 13.0 Å². The number of carbonyl (C=O) groups excluding carboxylic acids is 2. The Balaban J connectivity index is 2.34. The number of amides is 2. The molecule has 110 valence electrons. The van der Waals surface area contributed by atoms with Gasteiger partial charge in [0.15, 0.2) is 0 Å². The highest BCUT2D eigenvalue weighted by Gasteiger charge is 2.47. The van der Waals surface area contributed by atoms with Gasteiger partial charge in [-0.1, -0.05) is 20.8 Å². The van der Waals surface area contributed by atoms with Crippen LogP contribution in [0.3, 0.4) is 0 Å². The molecule has 2 amide bonds. The molecule has 0 aromatic carbocycles. The highest BCUT2D eigenvalue weighted by molar-refractivity contribution is 7.09. The fourth-order valence-corrected chi connectivity index (χ4v) is 3.14. The highest BCUT2D eigenvalue weighted by atomic mass is 32.1. The van der Waals surface area contributed by atoms with Crippen molar-refractivity contribution in [1.29, 1.82) is 0 Å². The van der Waals surface area contributed by atoms with Crippen LogP contribution in [0.15, 0.2) is 11.7 Å². The Hall–Kier alpha value is -1.43. The Morgan fingerprint density at radius 2 is 2.20 bits per heavy atom. The molecule has 0 spiro atoms. The van der Waals surface area contributed by atoms with Gasteiger partial charge in [0.1, 0.15) is 11.6 Å². The minimum absolute atomic E-state index is 0.00769. The van der Waals surface area contributed by atoms with Crippen molar-refractivity contribution in [2.45, 2.75) is 52.2 Å². The first-order valence-corrected chi connectivity index (χ1v) is 7.77. The molecule has 1 aliphatic rings. The summed E-state index contributed by atoms with van der Waals surface area (Å²) < 4.78 is 0. The zero-order chi connectivity index (χ0) is 14.9. The summed E-state index contributed by atoms with van der Waals surface area (Å²) in [5, 5.41) is 2.89. The number of nitrogens with zero attached hydrogens (tertiary/aromatic N) is 2. The van der Waals surface area contributed by atoms with Crippen LogP contribution in [-0.4, -0.2) is 33.3 Å². The van der Waals surface area contributed by atoms with Crippen LogP contribution < -0.4 is 5.32 Å². The largest absolute Gasteiger partial charge is 0.340 e. The molecule has 6 heteroatoms. The Kier molecular flexibility index (Phi) is 4.13. The summed E-state index contributed by atoms with van der Waals surface area (Å²) >= 11 is 1.50. The Labute approximate surface area is 123 Å². The summed E-state index contributed by atoms with van der Waals surface area (Å²) in [5.74, 6) is 0.00782. The van der Waals surface area contributed by atoms with Gasteiger partial charge in [-0.25, -0.2) is 0 Å². The maximum absolute atomic E-state index is 12.8. The zero-order valence-corrected chi connectivity index (χ0v) is 13.2. The van der Waals surface area contributed by atoms with E-state index < -0.39 is 11.6 Å². The number of piperazine rings is 1. The molecule has 1 N–H and O–H groups in total. The van der Waals surface area contributed by atoms with Crippen molar-refractivity contribution >= 4 is 23.2 Å². The molecule has 2 heterocycles. The third-order valence-corrected chi connectivity index (χ3v) is 4.65. The summed E-state index contributed by atoms with van der Waals surface area (Å²) in [5.41, 5.74) is 0.945. The van der Waals surface area contributed by atoms with Crippen molar-refractivity contribution in [3.8, 4) is 0 Å². The number of hydrogen-bond donors (Lipinski definition) is 1. The van der Waals surface area contributed by atoms with E-state index in [4.69, 9.17) is 0 Å². The lowest BCUT2D eigenvalue weighted by Gasteiger charge is -2.45. The van der Waals surface area contributed by atoms with E-state index in [9.17, 15) is 9.59 Å². The number of thiazole rings is 1. The van der Waals surface area contributed by atoms with Gasteiger partial charge >= 0.3 is 0 Å². The van der Waals surface area contributed by atoms with Crippen molar-refractivity contribution in [2.24, 2.45) is 5.92 Å². The minimum atomic E-state index is -0.798. The summed E-state index contributed by atoms with van der Waals surface area (Å²) in [7, 11) is 0. The first kappa shape index (κ1) is 15.0. The van der Waals surface area contributed by atoms with Gasteiger partial charge in [0.2, 0.25) is 11.8 Å². The van der Waals surface area contributed by atoms with Crippen molar-refractivity contribution in [3.05, 3.63) is 16.6 Å². The molecule has 0 saturated carbocycles. The molecule has 1 saturated heterocycles. The summed E-state index contributed by atoms with van der Waals surface area (Å²) in [6, 6.07) is -0.413. The van der Waals surface area contributed by atoms with Gasteiger partial charge in [-0.2, -0.15) is 0 Å². The standard InChI is InChI=1S/C14H21N3O2S/c1-5-14(4)13(19)17(7-10-6-15-8-20-10)11(9(2)3)12(18)16-14/h6,8-9,11H,5,7H2,1-4H3,(H,16,18). The van der Waals surface area contributed by atoms with Crippen LogP contribution in [0.5, 0.6) is 0 Å². The Morgan fingerprint density at radius 1 is 1.50 bits per heavy atom. The molecular weight excluding hydrogens is 274 g/mol. The summed E-state index contributed by atoms with van der Waals surface area (Å²) in [4.78, 5) is 31.9. The molecule has 1 aromatic heterocycles. The lowest BCUT2D eigenvalue weighted by atomic mass is 9.88. The van der Waals surface area contributed by atoms with E-state index >= 15 is 0 Å². The molecule has 5 nitrogen and oxygen atoms in total. The summed E-state index contributed by atoms with van der Waals surface area (Å²) in [6.07, 6.45) is 2.34. The number of hydrogen-bond acceptors (Lipinski definition) is 4. The maximum atomic E-state index is 12.8. The third-order valence-electron chi connectivity index (χ3n) is 3.88. The second-order valence-corrected chi connectivity index (χ2v) is 6.74. The second-order valence-electron chi connectivity index (χ2n) is 5.76. The number of rotatable bonds is 4. The molecular formula is C14H21N3O2S. The number of nitrogens with one attached hydrogen (secondary N) is 1. The SMILES string of the molecule is CCC1(C)NC(=O)C(C(C)C)N(Cc2cncs2)C1=O. The first-order chi connectivity index (χ1) is 9.39. The molecule has 1 aromatic rings. The molecule has 1 aliphatic heterocycles. The lowest BCUT2D eigenvalue weighted by molar-refractivity contribution is -0.157. The van der Waals surface area contributed by atoms with E-state index in [1.807, 2.05) is 20.8 Å². The molecule has 0 bridgehead atoms. The zero-order valence-electron chi connectivity index (χ0n) is 12.3. The van der Waals surface area contributed by atoms with Crippen LogP contribution in [-0.2, 0) is 16.1 Å². The third kappa shape index (κ3) is 2.57. The number of aromatic nitrogens is 1. The van der Waals surface area contributed by atoms with Gasteiger partial charge in [-0.05, 0) is 19.3 Å². The van der Waals surface area contributed by atoms with Crippen LogP contribution in [0, 0.1) is 5.92 Å². The van der Waals surface area contributed by atoms with Gasteiger partial charge in [0.05, 0.1) is 12.1 Å². The van der Waals surface area contributed by atoms with E-state index in [-0.39, 0.29) is 17.7 Å². The first-order valence-electron chi connectivity index (χ1n) is 6.89. The topological polar surface area (TPSA) is 62.3 Å². The normalized spacial score (nSPS) is 27.1. The minimum Gasteiger partial charge on any atom is -0.340 e. The van der Waals surface area contributed by atoms with Gasteiger partial charge in [-0.3, -0.25) is 14.6 Å². The van der Waals surface area contributed by atoms with E-state index in [1.54, 1.807) is 23.5 Å². The summed E-state index contributed by atoms with van der Waals surface area (Å²) in [6.45, 7) is 8.09. The van der Waals surface area contributed by atoms with Gasteiger partial charge < -0.3 is 10.2 Å². The fraction of sp³-hybridized carbons (Fsp3) is 0.643.